The van der Waals surface area contributed by atoms with E-state index in [1.54, 1.807) is 29.1 Å². The molecule has 0 bridgehead atoms. The minimum absolute atomic E-state index is 0.216. The summed E-state index contributed by atoms with van der Waals surface area (Å²) in [4.78, 5) is 4.67. The summed E-state index contributed by atoms with van der Waals surface area (Å²) in [6, 6.07) is 7.03. The molecule has 2 heterocycles. The van der Waals surface area contributed by atoms with E-state index in [2.05, 4.69) is 21.9 Å². The van der Waals surface area contributed by atoms with Gasteiger partial charge < -0.3 is 10.0 Å². The molecular formula is C17H23FN4O. The van der Waals surface area contributed by atoms with Gasteiger partial charge in [0.2, 0.25) is 0 Å². The largest absolute Gasteiger partial charge is 0.396 e. The van der Waals surface area contributed by atoms with Crippen molar-refractivity contribution in [3.05, 3.63) is 48.0 Å². The molecule has 6 heteroatoms. The zero-order valence-electron chi connectivity index (χ0n) is 13.4. The summed E-state index contributed by atoms with van der Waals surface area (Å²) in [6.45, 7) is 3.93. The highest BCUT2D eigenvalue weighted by Crippen LogP contribution is 2.16. The van der Waals surface area contributed by atoms with Crippen molar-refractivity contribution in [2.24, 2.45) is 0 Å². The number of likely N-dealkylation sites (N-methyl/N-ethyl adjacent to an activating group) is 1. The highest BCUT2D eigenvalue weighted by Gasteiger charge is 2.24. The van der Waals surface area contributed by atoms with Gasteiger partial charge in [0.15, 0.2) is 0 Å². The molecule has 0 amide bonds. The zero-order valence-corrected chi connectivity index (χ0v) is 13.4. The third-order valence-corrected chi connectivity index (χ3v) is 4.47. The molecular weight excluding hydrogens is 295 g/mol. The van der Waals surface area contributed by atoms with Crippen LogP contribution in [0.4, 0.5) is 4.39 Å². The van der Waals surface area contributed by atoms with Crippen molar-refractivity contribution in [1.29, 1.82) is 0 Å². The number of hydrogen-bond acceptors (Lipinski definition) is 4. The maximum atomic E-state index is 13.8. The maximum absolute atomic E-state index is 13.8. The predicted molar refractivity (Wildman–Crippen MR) is 86.9 cm³/mol. The fourth-order valence-corrected chi connectivity index (χ4v) is 3.08. The Kier molecular flexibility index (Phi) is 5.05. The lowest BCUT2D eigenvalue weighted by Gasteiger charge is -2.39. The van der Waals surface area contributed by atoms with Crippen LogP contribution in [0.1, 0.15) is 12.0 Å². The van der Waals surface area contributed by atoms with Gasteiger partial charge in [0.25, 0.3) is 0 Å². The molecule has 1 atom stereocenters. The number of piperazine rings is 1. The SMILES string of the molecule is CN1CCN(Cc2cnn(-c3ccccc3F)c2)C[C@@H]1CCO. The number of para-hydroxylation sites is 1. The summed E-state index contributed by atoms with van der Waals surface area (Å²) in [5.41, 5.74) is 1.54. The first-order valence-corrected chi connectivity index (χ1v) is 7.99. The molecule has 2 aromatic rings. The van der Waals surface area contributed by atoms with E-state index in [1.807, 2.05) is 6.20 Å². The van der Waals surface area contributed by atoms with Gasteiger partial charge in [-0.3, -0.25) is 4.90 Å². The van der Waals surface area contributed by atoms with Crippen LogP contribution in [0.25, 0.3) is 5.69 Å². The van der Waals surface area contributed by atoms with Crippen LogP contribution in [0.5, 0.6) is 0 Å². The number of nitrogens with zero attached hydrogens (tertiary/aromatic N) is 4. The minimum atomic E-state index is -0.273. The molecule has 1 aliphatic rings. The molecule has 1 aliphatic heterocycles. The van der Waals surface area contributed by atoms with Crippen LogP contribution in [0.15, 0.2) is 36.7 Å². The summed E-state index contributed by atoms with van der Waals surface area (Å²) in [7, 11) is 2.11. The zero-order chi connectivity index (χ0) is 16.2. The quantitative estimate of drug-likeness (QED) is 0.908. The Hall–Kier alpha value is -1.76. The van der Waals surface area contributed by atoms with Gasteiger partial charge in [0.05, 0.1) is 6.20 Å². The Morgan fingerprint density at radius 1 is 1.30 bits per heavy atom. The second kappa shape index (κ2) is 7.21. The molecule has 0 spiro atoms. The molecule has 0 saturated carbocycles. The molecule has 3 rings (SSSR count). The smallest absolute Gasteiger partial charge is 0.148 e. The van der Waals surface area contributed by atoms with Crippen molar-refractivity contribution in [2.75, 3.05) is 33.3 Å². The normalized spacial score (nSPS) is 20.0. The molecule has 1 aromatic heterocycles. The van der Waals surface area contributed by atoms with E-state index in [-0.39, 0.29) is 12.4 Å². The van der Waals surface area contributed by atoms with Gasteiger partial charge in [0.1, 0.15) is 11.5 Å². The van der Waals surface area contributed by atoms with Crippen molar-refractivity contribution in [3.8, 4) is 5.69 Å². The number of halogens is 1. The maximum Gasteiger partial charge on any atom is 0.148 e. The Morgan fingerprint density at radius 3 is 2.91 bits per heavy atom. The molecule has 1 saturated heterocycles. The summed E-state index contributed by atoms with van der Waals surface area (Å²) in [5, 5.41) is 13.5. The van der Waals surface area contributed by atoms with Crippen molar-refractivity contribution >= 4 is 0 Å². The molecule has 5 nitrogen and oxygen atoms in total. The molecule has 1 aromatic carbocycles. The number of benzene rings is 1. The average molecular weight is 318 g/mol. The molecule has 23 heavy (non-hydrogen) atoms. The van der Waals surface area contributed by atoms with Crippen molar-refractivity contribution in [2.45, 2.75) is 19.0 Å². The van der Waals surface area contributed by atoms with Crippen LogP contribution in [-0.2, 0) is 6.54 Å². The number of aliphatic hydroxyl groups is 1. The van der Waals surface area contributed by atoms with Crippen LogP contribution in [-0.4, -0.2) is 64.0 Å². The van der Waals surface area contributed by atoms with E-state index < -0.39 is 0 Å². The van der Waals surface area contributed by atoms with Crippen molar-refractivity contribution in [3.63, 3.8) is 0 Å². The summed E-state index contributed by atoms with van der Waals surface area (Å²) in [6.07, 6.45) is 4.48. The first kappa shape index (κ1) is 16.1. The van der Waals surface area contributed by atoms with Gasteiger partial charge in [-0.1, -0.05) is 12.1 Å². The fourth-order valence-electron chi connectivity index (χ4n) is 3.08. The molecule has 0 unspecified atom stereocenters. The molecule has 0 radical (unpaired) electrons. The standard InChI is InChI=1S/C17H23FN4O/c1-20-7-8-21(13-15(20)6-9-23)11-14-10-19-22(12-14)17-5-3-2-4-16(17)18/h2-5,10,12,15,23H,6-9,11,13H2,1H3/t15-/m0/s1. The van der Waals surface area contributed by atoms with E-state index in [1.165, 1.54) is 6.07 Å². The number of rotatable bonds is 5. The van der Waals surface area contributed by atoms with E-state index in [0.29, 0.717) is 11.7 Å². The van der Waals surface area contributed by atoms with Crippen LogP contribution in [0.3, 0.4) is 0 Å². The first-order chi connectivity index (χ1) is 11.2. The average Bonchev–Trinajstić information content (AvgIpc) is 2.99. The Labute approximate surface area is 135 Å². The summed E-state index contributed by atoms with van der Waals surface area (Å²) >= 11 is 0. The van der Waals surface area contributed by atoms with Crippen molar-refractivity contribution in [1.82, 2.24) is 19.6 Å². The third-order valence-electron chi connectivity index (χ3n) is 4.47. The Morgan fingerprint density at radius 2 is 2.13 bits per heavy atom. The van der Waals surface area contributed by atoms with E-state index >= 15 is 0 Å². The topological polar surface area (TPSA) is 44.5 Å². The van der Waals surface area contributed by atoms with E-state index in [4.69, 9.17) is 0 Å². The van der Waals surface area contributed by atoms with Crippen LogP contribution in [0, 0.1) is 5.82 Å². The second-order valence-corrected chi connectivity index (χ2v) is 6.13. The van der Waals surface area contributed by atoms with Crippen LogP contribution >= 0.6 is 0 Å². The first-order valence-electron chi connectivity index (χ1n) is 7.99. The molecule has 1 N–H and O–H groups in total. The van der Waals surface area contributed by atoms with Gasteiger partial charge in [-0.15, -0.1) is 0 Å². The second-order valence-electron chi connectivity index (χ2n) is 6.13. The lowest BCUT2D eigenvalue weighted by atomic mass is 10.1. The lowest BCUT2D eigenvalue weighted by Crippen LogP contribution is -2.51. The summed E-state index contributed by atoms with van der Waals surface area (Å²) < 4.78 is 15.4. The van der Waals surface area contributed by atoms with Crippen molar-refractivity contribution < 1.29 is 9.50 Å². The molecule has 1 fully saturated rings. The predicted octanol–water partition coefficient (Wildman–Crippen LogP) is 1.51. The third kappa shape index (κ3) is 3.77. The molecule has 0 aliphatic carbocycles. The highest BCUT2D eigenvalue weighted by molar-refractivity contribution is 5.32. The number of hydrogen-bond donors (Lipinski definition) is 1. The minimum Gasteiger partial charge on any atom is -0.396 e. The number of aromatic nitrogens is 2. The Bertz CT molecular complexity index is 645. The van der Waals surface area contributed by atoms with E-state index in [9.17, 15) is 9.50 Å². The van der Waals surface area contributed by atoms with Crippen LogP contribution in [0.2, 0.25) is 0 Å². The van der Waals surface area contributed by atoms with Gasteiger partial charge in [-0.2, -0.15) is 5.10 Å². The molecule has 124 valence electrons. The monoisotopic (exact) mass is 318 g/mol. The van der Waals surface area contributed by atoms with Gasteiger partial charge in [-0.05, 0) is 25.6 Å². The van der Waals surface area contributed by atoms with E-state index in [0.717, 1.165) is 38.2 Å². The van der Waals surface area contributed by atoms with Gasteiger partial charge >= 0.3 is 0 Å². The van der Waals surface area contributed by atoms with Crippen LogP contribution < -0.4 is 0 Å². The van der Waals surface area contributed by atoms with Gasteiger partial charge in [-0.25, -0.2) is 9.07 Å². The highest BCUT2D eigenvalue weighted by atomic mass is 19.1. The summed E-state index contributed by atoms with van der Waals surface area (Å²) in [5.74, 6) is -0.273. The fraction of sp³-hybridized carbons (Fsp3) is 0.471. The number of aliphatic hydroxyl groups excluding tert-OH is 1. The Balaban J connectivity index is 1.66. The lowest BCUT2D eigenvalue weighted by molar-refractivity contribution is 0.0743. The van der Waals surface area contributed by atoms with Gasteiger partial charge in [0, 0.05) is 50.6 Å².